The van der Waals surface area contributed by atoms with Crippen molar-refractivity contribution >= 4 is 17.9 Å². The van der Waals surface area contributed by atoms with Gasteiger partial charge in [-0.2, -0.15) is 0 Å². The van der Waals surface area contributed by atoms with Crippen LogP contribution < -0.4 is 0 Å². The topological polar surface area (TPSA) is 78.9 Å². The van der Waals surface area contributed by atoms with Crippen LogP contribution in [0.2, 0.25) is 0 Å². The monoisotopic (exact) mass is 1010 g/mol. The molecular weight excluding hydrogens is 889 g/mol. The summed E-state index contributed by atoms with van der Waals surface area (Å²) >= 11 is 0. The fourth-order valence-corrected chi connectivity index (χ4v) is 10.1. The van der Waals surface area contributed by atoms with Gasteiger partial charge >= 0.3 is 17.9 Å². The van der Waals surface area contributed by atoms with Crippen LogP contribution in [-0.4, -0.2) is 37.2 Å². The second-order valence-electron chi connectivity index (χ2n) is 22.4. The van der Waals surface area contributed by atoms with Gasteiger partial charge in [0.25, 0.3) is 0 Å². The standard InChI is InChI=1S/C66H126O6/c1-4-7-10-13-16-19-22-25-27-29-31-32-33-34-35-36-38-39-41-44-47-50-53-56-59-65(68)71-62-63(61-70-64(67)58-55-52-49-46-43-24-21-18-15-12-9-6-3)72-66(69)60-57-54-51-48-45-42-40-37-30-28-26-23-20-17-14-11-8-5-2/h28,30,63H,4-27,29,31-62H2,1-3H3/b30-28-. The number of esters is 3. The highest BCUT2D eigenvalue weighted by molar-refractivity contribution is 5.71. The molecule has 6 heteroatoms. The largest absolute Gasteiger partial charge is 0.462 e. The van der Waals surface area contributed by atoms with E-state index in [1.807, 2.05) is 0 Å². The van der Waals surface area contributed by atoms with Gasteiger partial charge in [-0.1, -0.05) is 322 Å². The molecule has 0 aromatic rings. The number of rotatable bonds is 61. The Bertz CT molecular complexity index is 1120. The van der Waals surface area contributed by atoms with E-state index in [1.54, 1.807) is 0 Å². The highest BCUT2D eigenvalue weighted by atomic mass is 16.6. The minimum absolute atomic E-state index is 0.0653. The summed E-state index contributed by atoms with van der Waals surface area (Å²) in [7, 11) is 0. The Labute approximate surface area is 450 Å². The molecule has 0 saturated carbocycles. The fraction of sp³-hybridized carbons (Fsp3) is 0.924. The summed E-state index contributed by atoms with van der Waals surface area (Å²) in [6, 6.07) is 0. The van der Waals surface area contributed by atoms with E-state index in [-0.39, 0.29) is 31.1 Å². The lowest BCUT2D eigenvalue weighted by molar-refractivity contribution is -0.167. The number of hydrogen-bond acceptors (Lipinski definition) is 6. The van der Waals surface area contributed by atoms with Gasteiger partial charge in [-0.05, 0) is 44.9 Å². The van der Waals surface area contributed by atoms with Crippen molar-refractivity contribution in [3.63, 3.8) is 0 Å². The number of ether oxygens (including phenoxy) is 3. The van der Waals surface area contributed by atoms with Crippen LogP contribution in [0.4, 0.5) is 0 Å². The maximum Gasteiger partial charge on any atom is 0.306 e. The molecule has 0 fully saturated rings. The van der Waals surface area contributed by atoms with Crippen LogP contribution in [-0.2, 0) is 28.6 Å². The summed E-state index contributed by atoms with van der Waals surface area (Å²) in [5.41, 5.74) is 0. The first-order valence-electron chi connectivity index (χ1n) is 32.7. The molecule has 0 aromatic carbocycles. The van der Waals surface area contributed by atoms with Crippen LogP contribution in [0.5, 0.6) is 0 Å². The van der Waals surface area contributed by atoms with E-state index in [2.05, 4.69) is 32.9 Å². The molecule has 426 valence electrons. The Hall–Kier alpha value is -1.85. The summed E-state index contributed by atoms with van der Waals surface area (Å²) in [6.07, 6.45) is 72.3. The molecule has 0 amide bonds. The van der Waals surface area contributed by atoms with Crippen LogP contribution in [0.1, 0.15) is 374 Å². The van der Waals surface area contributed by atoms with Gasteiger partial charge in [0.05, 0.1) is 0 Å². The van der Waals surface area contributed by atoms with Crippen molar-refractivity contribution in [1.29, 1.82) is 0 Å². The molecule has 0 aliphatic heterocycles. The SMILES string of the molecule is CCCCCCCCC/C=C\CCCCCCCCCC(=O)OC(COC(=O)CCCCCCCCCCCCCC)COC(=O)CCCCCCCCCCCCCCCCCCCCCCCCCC. The van der Waals surface area contributed by atoms with E-state index in [0.29, 0.717) is 19.3 Å². The van der Waals surface area contributed by atoms with Crippen LogP contribution in [0, 0.1) is 0 Å². The van der Waals surface area contributed by atoms with Gasteiger partial charge in [0.1, 0.15) is 13.2 Å². The van der Waals surface area contributed by atoms with Gasteiger partial charge < -0.3 is 14.2 Å². The maximum atomic E-state index is 12.9. The van der Waals surface area contributed by atoms with Gasteiger partial charge in [0.15, 0.2) is 6.10 Å². The third kappa shape index (κ3) is 59.0. The predicted molar refractivity (Wildman–Crippen MR) is 312 cm³/mol. The highest BCUT2D eigenvalue weighted by Gasteiger charge is 2.19. The molecule has 0 saturated heterocycles. The third-order valence-corrected chi connectivity index (χ3v) is 15.0. The van der Waals surface area contributed by atoms with E-state index < -0.39 is 6.10 Å². The second kappa shape index (κ2) is 61.7. The number of carbonyl (C=O) groups is 3. The molecule has 72 heavy (non-hydrogen) atoms. The predicted octanol–water partition coefficient (Wildman–Crippen LogP) is 22.1. The first-order valence-corrected chi connectivity index (χ1v) is 32.7. The average molecular weight is 1020 g/mol. The van der Waals surface area contributed by atoms with Crippen molar-refractivity contribution in [1.82, 2.24) is 0 Å². The van der Waals surface area contributed by atoms with Crippen molar-refractivity contribution in [2.75, 3.05) is 13.2 Å². The molecule has 6 nitrogen and oxygen atoms in total. The maximum absolute atomic E-state index is 12.9. The molecule has 1 unspecified atom stereocenters. The van der Waals surface area contributed by atoms with E-state index >= 15 is 0 Å². The number of carbonyl (C=O) groups excluding carboxylic acids is 3. The first kappa shape index (κ1) is 70.1. The van der Waals surface area contributed by atoms with E-state index in [1.165, 1.54) is 276 Å². The van der Waals surface area contributed by atoms with Crippen LogP contribution in [0.3, 0.4) is 0 Å². The zero-order valence-electron chi connectivity index (χ0n) is 49.0. The lowest BCUT2D eigenvalue weighted by atomic mass is 10.0. The molecule has 0 rings (SSSR count). The number of unbranched alkanes of at least 4 members (excludes halogenated alkanes) is 48. The summed E-state index contributed by atoms with van der Waals surface area (Å²) < 4.78 is 16.9. The molecule has 0 N–H and O–H groups in total. The van der Waals surface area contributed by atoms with Gasteiger partial charge in [-0.3, -0.25) is 14.4 Å². The summed E-state index contributed by atoms with van der Waals surface area (Å²) in [5.74, 6) is -0.840. The van der Waals surface area contributed by atoms with Crippen molar-refractivity contribution < 1.29 is 28.6 Å². The van der Waals surface area contributed by atoms with Crippen molar-refractivity contribution in [3.05, 3.63) is 12.2 Å². The van der Waals surface area contributed by atoms with Gasteiger partial charge in [-0.25, -0.2) is 0 Å². The zero-order chi connectivity index (χ0) is 52.2. The molecule has 0 bridgehead atoms. The second-order valence-corrected chi connectivity index (χ2v) is 22.4. The Kier molecular flexibility index (Phi) is 60.1. The first-order chi connectivity index (χ1) is 35.5. The minimum Gasteiger partial charge on any atom is -0.462 e. The fourth-order valence-electron chi connectivity index (χ4n) is 10.1. The Morgan fingerprint density at radius 3 is 0.694 bits per heavy atom. The minimum atomic E-state index is -0.767. The highest BCUT2D eigenvalue weighted by Crippen LogP contribution is 2.18. The molecule has 0 aliphatic carbocycles. The van der Waals surface area contributed by atoms with Crippen LogP contribution in [0.15, 0.2) is 12.2 Å². The van der Waals surface area contributed by atoms with E-state index in [0.717, 1.165) is 57.8 Å². The molecule has 1 atom stereocenters. The molecule has 0 radical (unpaired) electrons. The molecule has 0 aromatic heterocycles. The van der Waals surface area contributed by atoms with Crippen LogP contribution in [0.25, 0.3) is 0 Å². The number of allylic oxidation sites excluding steroid dienone is 2. The quantitative estimate of drug-likeness (QED) is 0.0261. The van der Waals surface area contributed by atoms with Gasteiger partial charge in [-0.15, -0.1) is 0 Å². The Morgan fingerprint density at radius 1 is 0.264 bits per heavy atom. The molecule has 0 aliphatic rings. The zero-order valence-corrected chi connectivity index (χ0v) is 49.0. The van der Waals surface area contributed by atoms with E-state index in [9.17, 15) is 14.4 Å². The molecule has 0 spiro atoms. The normalized spacial score (nSPS) is 12.0. The Morgan fingerprint density at radius 2 is 0.458 bits per heavy atom. The van der Waals surface area contributed by atoms with E-state index in [4.69, 9.17) is 14.2 Å². The summed E-state index contributed by atoms with van der Waals surface area (Å²) in [5, 5.41) is 0. The average Bonchev–Trinajstić information content (AvgIpc) is 3.38. The van der Waals surface area contributed by atoms with Crippen molar-refractivity contribution in [3.8, 4) is 0 Å². The van der Waals surface area contributed by atoms with Gasteiger partial charge in [0.2, 0.25) is 0 Å². The van der Waals surface area contributed by atoms with Crippen LogP contribution >= 0.6 is 0 Å². The summed E-state index contributed by atoms with van der Waals surface area (Å²) in [4.78, 5) is 38.3. The summed E-state index contributed by atoms with van der Waals surface area (Å²) in [6.45, 7) is 6.71. The Balaban J connectivity index is 4.21. The van der Waals surface area contributed by atoms with Gasteiger partial charge in [0, 0.05) is 19.3 Å². The van der Waals surface area contributed by atoms with Crippen molar-refractivity contribution in [2.45, 2.75) is 380 Å². The van der Waals surface area contributed by atoms with Crippen molar-refractivity contribution in [2.24, 2.45) is 0 Å². The molecule has 0 heterocycles. The number of hydrogen-bond donors (Lipinski definition) is 0. The lowest BCUT2D eigenvalue weighted by Crippen LogP contribution is -2.30. The third-order valence-electron chi connectivity index (χ3n) is 15.0. The smallest absolute Gasteiger partial charge is 0.306 e. The lowest BCUT2D eigenvalue weighted by Gasteiger charge is -2.18. The molecular formula is C66H126O6.